The first-order chi connectivity index (χ1) is 14.9. The molecular formula is C22H20N4O5. The molecule has 9 heteroatoms. The highest BCUT2D eigenvalue weighted by atomic mass is 16.6. The number of amides is 1. The molecule has 1 heterocycles. The molecule has 0 fully saturated rings. The molecule has 0 bridgehead atoms. The Bertz CT molecular complexity index is 1220. The number of carbonyl (C=O) groups excluding carboxylic acids is 1. The summed E-state index contributed by atoms with van der Waals surface area (Å²) in [5.41, 5.74) is 3.96. The van der Waals surface area contributed by atoms with Crippen molar-refractivity contribution in [2.24, 2.45) is 5.10 Å². The summed E-state index contributed by atoms with van der Waals surface area (Å²) in [6, 6.07) is 15.0. The van der Waals surface area contributed by atoms with Crippen LogP contribution in [0.1, 0.15) is 27.0 Å². The average molecular weight is 420 g/mol. The number of ether oxygens (including phenoxy) is 1. The Kier molecular flexibility index (Phi) is 6.56. The third-order valence-electron chi connectivity index (χ3n) is 4.48. The van der Waals surface area contributed by atoms with Crippen LogP contribution in [0, 0.1) is 17.0 Å². The van der Waals surface area contributed by atoms with Crippen LogP contribution in [0.5, 0.6) is 5.75 Å². The Balaban J connectivity index is 1.75. The van der Waals surface area contributed by atoms with Gasteiger partial charge in [-0.2, -0.15) is 5.10 Å². The number of pyridine rings is 1. The van der Waals surface area contributed by atoms with Crippen molar-refractivity contribution in [2.45, 2.75) is 13.5 Å². The van der Waals surface area contributed by atoms with Gasteiger partial charge < -0.3 is 9.30 Å². The topological polar surface area (TPSA) is 116 Å². The maximum atomic E-state index is 12.7. The fourth-order valence-electron chi connectivity index (χ4n) is 3.00. The molecule has 0 unspecified atom stereocenters. The smallest absolute Gasteiger partial charge is 0.311 e. The zero-order chi connectivity index (χ0) is 22.4. The molecule has 0 saturated heterocycles. The molecule has 1 N–H and O–H groups in total. The first kappa shape index (κ1) is 21.4. The fraction of sp³-hybridized carbons (Fsp3) is 0.136. The van der Waals surface area contributed by atoms with E-state index in [2.05, 4.69) is 10.5 Å². The van der Waals surface area contributed by atoms with Gasteiger partial charge in [0.1, 0.15) is 5.56 Å². The highest BCUT2D eigenvalue weighted by Crippen LogP contribution is 2.26. The third kappa shape index (κ3) is 5.21. The van der Waals surface area contributed by atoms with Crippen molar-refractivity contribution in [1.29, 1.82) is 0 Å². The molecule has 0 aliphatic rings. The molecule has 0 atom stereocenters. The molecule has 3 aromatic rings. The monoisotopic (exact) mass is 420 g/mol. The van der Waals surface area contributed by atoms with Gasteiger partial charge in [-0.05, 0) is 36.8 Å². The molecule has 31 heavy (non-hydrogen) atoms. The van der Waals surface area contributed by atoms with Crippen LogP contribution in [-0.2, 0) is 6.54 Å². The lowest BCUT2D eigenvalue weighted by Gasteiger charge is -2.08. The fourth-order valence-corrected chi connectivity index (χ4v) is 3.00. The number of aryl methyl sites for hydroxylation is 1. The van der Waals surface area contributed by atoms with Crippen LogP contribution in [0.4, 0.5) is 5.69 Å². The SMILES string of the molecule is COc1ccc(/C=N\NC(=O)c2cccn(Cc3cccc(C)c3)c2=O)cc1[N+](=O)[O-]. The van der Waals surface area contributed by atoms with Gasteiger partial charge in [-0.25, -0.2) is 5.43 Å². The van der Waals surface area contributed by atoms with Gasteiger partial charge in [0.15, 0.2) is 5.75 Å². The molecule has 0 spiro atoms. The minimum Gasteiger partial charge on any atom is -0.490 e. The molecule has 3 rings (SSSR count). The lowest BCUT2D eigenvalue weighted by molar-refractivity contribution is -0.385. The van der Waals surface area contributed by atoms with E-state index in [-0.39, 0.29) is 17.0 Å². The first-order valence-corrected chi connectivity index (χ1v) is 9.30. The highest BCUT2D eigenvalue weighted by molar-refractivity contribution is 5.94. The molecule has 2 aromatic carbocycles. The summed E-state index contributed by atoms with van der Waals surface area (Å²) in [7, 11) is 1.34. The molecule has 0 aliphatic carbocycles. The Morgan fingerprint density at radius 3 is 2.74 bits per heavy atom. The average Bonchev–Trinajstić information content (AvgIpc) is 2.75. The molecule has 0 radical (unpaired) electrons. The van der Waals surface area contributed by atoms with E-state index in [4.69, 9.17) is 4.74 Å². The molecule has 9 nitrogen and oxygen atoms in total. The van der Waals surface area contributed by atoms with Gasteiger partial charge in [-0.1, -0.05) is 29.8 Å². The maximum absolute atomic E-state index is 12.7. The van der Waals surface area contributed by atoms with Crippen LogP contribution < -0.4 is 15.7 Å². The molecule has 1 amide bonds. The normalized spacial score (nSPS) is 10.8. The molecule has 158 valence electrons. The van der Waals surface area contributed by atoms with Crippen LogP contribution in [-0.4, -0.2) is 28.7 Å². The number of hydrazone groups is 1. The summed E-state index contributed by atoms with van der Waals surface area (Å²) in [4.78, 5) is 35.6. The quantitative estimate of drug-likeness (QED) is 0.358. The number of rotatable bonds is 7. The lowest BCUT2D eigenvalue weighted by Crippen LogP contribution is -2.30. The van der Waals surface area contributed by atoms with Crippen LogP contribution in [0.15, 0.2) is 70.7 Å². The second-order valence-electron chi connectivity index (χ2n) is 6.73. The molecular weight excluding hydrogens is 400 g/mol. The lowest BCUT2D eigenvalue weighted by atomic mass is 10.1. The van der Waals surface area contributed by atoms with Crippen molar-refractivity contribution in [1.82, 2.24) is 9.99 Å². The highest BCUT2D eigenvalue weighted by Gasteiger charge is 2.15. The number of methoxy groups -OCH3 is 1. The van der Waals surface area contributed by atoms with Gasteiger partial charge in [0.25, 0.3) is 11.5 Å². The summed E-state index contributed by atoms with van der Waals surface area (Å²) in [6.07, 6.45) is 2.86. The Morgan fingerprint density at radius 1 is 1.23 bits per heavy atom. The predicted octanol–water partition coefficient (Wildman–Crippen LogP) is 2.89. The van der Waals surface area contributed by atoms with Crippen LogP contribution >= 0.6 is 0 Å². The van der Waals surface area contributed by atoms with Gasteiger partial charge in [0.05, 0.1) is 24.8 Å². The van der Waals surface area contributed by atoms with E-state index >= 15 is 0 Å². The van der Waals surface area contributed by atoms with Crippen molar-refractivity contribution in [3.63, 3.8) is 0 Å². The zero-order valence-corrected chi connectivity index (χ0v) is 16.9. The standard InChI is InChI=1S/C22H20N4O5/c1-15-5-3-6-17(11-15)14-25-10-4-7-18(22(25)28)21(27)24-23-13-16-8-9-20(31-2)19(12-16)26(29)30/h3-13H,14H2,1-2H3,(H,24,27)/b23-13-. The predicted molar refractivity (Wildman–Crippen MR) is 116 cm³/mol. The summed E-state index contributed by atoms with van der Waals surface area (Å²) >= 11 is 0. The van der Waals surface area contributed by atoms with Crippen LogP contribution in [0.2, 0.25) is 0 Å². The van der Waals surface area contributed by atoms with E-state index in [1.54, 1.807) is 18.3 Å². The Labute approximate surface area is 177 Å². The third-order valence-corrected chi connectivity index (χ3v) is 4.48. The minimum atomic E-state index is -0.678. The van der Waals surface area contributed by atoms with Crippen LogP contribution in [0.3, 0.4) is 0 Å². The number of nitro benzene ring substituents is 1. The summed E-state index contributed by atoms with van der Waals surface area (Å²) in [5.74, 6) is -0.563. The summed E-state index contributed by atoms with van der Waals surface area (Å²) in [6.45, 7) is 2.30. The minimum absolute atomic E-state index is 0.0620. The summed E-state index contributed by atoms with van der Waals surface area (Å²) < 4.78 is 6.39. The first-order valence-electron chi connectivity index (χ1n) is 9.30. The van der Waals surface area contributed by atoms with E-state index in [9.17, 15) is 19.7 Å². The second kappa shape index (κ2) is 9.49. The number of nitrogens with one attached hydrogen (secondary N) is 1. The second-order valence-corrected chi connectivity index (χ2v) is 6.73. The van der Waals surface area contributed by atoms with Crippen molar-refractivity contribution < 1.29 is 14.5 Å². The molecule has 0 aliphatic heterocycles. The number of hydrogen-bond donors (Lipinski definition) is 1. The van der Waals surface area contributed by atoms with Crippen molar-refractivity contribution in [3.8, 4) is 5.75 Å². The number of carbonyl (C=O) groups is 1. The van der Waals surface area contributed by atoms with Gasteiger partial charge >= 0.3 is 5.69 Å². The number of nitrogens with zero attached hydrogens (tertiary/aromatic N) is 3. The van der Waals surface area contributed by atoms with Crippen molar-refractivity contribution >= 4 is 17.8 Å². The van der Waals surface area contributed by atoms with Gasteiger partial charge in [-0.15, -0.1) is 0 Å². The molecule has 1 aromatic heterocycles. The number of hydrogen-bond acceptors (Lipinski definition) is 6. The van der Waals surface area contributed by atoms with E-state index in [0.29, 0.717) is 12.1 Å². The van der Waals surface area contributed by atoms with Gasteiger partial charge in [0, 0.05) is 17.8 Å². The number of benzene rings is 2. The van der Waals surface area contributed by atoms with Gasteiger partial charge in [0.2, 0.25) is 0 Å². The largest absolute Gasteiger partial charge is 0.490 e. The van der Waals surface area contributed by atoms with E-state index in [1.807, 2.05) is 31.2 Å². The van der Waals surface area contributed by atoms with Crippen molar-refractivity contribution in [3.05, 3.63) is 104 Å². The Hall–Kier alpha value is -4.27. The number of aromatic nitrogens is 1. The van der Waals surface area contributed by atoms with Gasteiger partial charge in [-0.3, -0.25) is 19.7 Å². The zero-order valence-electron chi connectivity index (χ0n) is 16.9. The van der Waals surface area contributed by atoms with Crippen molar-refractivity contribution in [2.75, 3.05) is 7.11 Å². The van der Waals surface area contributed by atoms with E-state index in [1.165, 1.54) is 36.1 Å². The molecule has 0 saturated carbocycles. The Morgan fingerprint density at radius 2 is 2.03 bits per heavy atom. The van der Waals surface area contributed by atoms with E-state index in [0.717, 1.165) is 11.1 Å². The van der Waals surface area contributed by atoms with E-state index < -0.39 is 16.4 Å². The maximum Gasteiger partial charge on any atom is 0.311 e. The summed E-state index contributed by atoms with van der Waals surface area (Å²) in [5, 5.41) is 14.9. The van der Waals surface area contributed by atoms with Crippen LogP contribution in [0.25, 0.3) is 0 Å². The number of nitro groups is 1.